The predicted molar refractivity (Wildman–Crippen MR) is 85.8 cm³/mol. The van der Waals surface area contributed by atoms with E-state index in [-0.39, 0.29) is 17.7 Å². The van der Waals surface area contributed by atoms with E-state index in [1.807, 2.05) is 35.2 Å². The van der Waals surface area contributed by atoms with Crippen LogP contribution >= 0.6 is 0 Å². The van der Waals surface area contributed by atoms with Crippen molar-refractivity contribution in [1.82, 2.24) is 10.2 Å². The van der Waals surface area contributed by atoms with Crippen LogP contribution in [0.1, 0.15) is 31.9 Å². The van der Waals surface area contributed by atoms with Gasteiger partial charge >= 0.3 is 6.03 Å². The molecular weight excluding hydrogens is 280 g/mol. The third-order valence-electron chi connectivity index (χ3n) is 4.21. The van der Waals surface area contributed by atoms with Gasteiger partial charge < -0.3 is 19.7 Å². The summed E-state index contributed by atoms with van der Waals surface area (Å²) < 4.78 is 11.0. The van der Waals surface area contributed by atoms with Crippen LogP contribution < -0.4 is 5.32 Å². The normalized spacial score (nSPS) is 23.1. The number of carbonyl (C=O) groups is 1. The molecule has 5 heteroatoms. The number of nitrogens with zero attached hydrogens (tertiary/aromatic N) is 1. The van der Waals surface area contributed by atoms with Gasteiger partial charge in [-0.25, -0.2) is 4.79 Å². The lowest BCUT2D eigenvalue weighted by atomic mass is 10.0. The highest BCUT2D eigenvalue weighted by molar-refractivity contribution is 5.75. The number of rotatable bonds is 5. The second-order valence-corrected chi connectivity index (χ2v) is 5.94. The highest BCUT2D eigenvalue weighted by atomic mass is 16.5. The van der Waals surface area contributed by atoms with Crippen LogP contribution in [0, 0.1) is 0 Å². The van der Waals surface area contributed by atoms with Gasteiger partial charge in [-0.05, 0) is 18.9 Å². The third-order valence-corrected chi connectivity index (χ3v) is 4.21. The summed E-state index contributed by atoms with van der Waals surface area (Å²) in [6, 6.07) is 9.69. The zero-order chi connectivity index (χ0) is 16.0. The monoisotopic (exact) mass is 306 g/mol. The van der Waals surface area contributed by atoms with Gasteiger partial charge in [0, 0.05) is 13.7 Å². The van der Waals surface area contributed by atoms with E-state index in [0.29, 0.717) is 26.3 Å². The molecule has 1 aromatic rings. The molecule has 1 N–H and O–H groups in total. The van der Waals surface area contributed by atoms with Crippen LogP contribution in [0.2, 0.25) is 0 Å². The fraction of sp³-hybridized carbons (Fsp3) is 0.588. The lowest BCUT2D eigenvalue weighted by molar-refractivity contribution is -0.0875. The van der Waals surface area contributed by atoms with E-state index in [1.165, 1.54) is 0 Å². The molecule has 1 fully saturated rings. The molecule has 0 radical (unpaired) electrons. The molecule has 0 aliphatic carbocycles. The van der Waals surface area contributed by atoms with E-state index >= 15 is 0 Å². The van der Waals surface area contributed by atoms with Crippen molar-refractivity contribution < 1.29 is 14.3 Å². The molecule has 122 valence electrons. The minimum atomic E-state index is -0.251. The molecule has 1 saturated heterocycles. The number of morpholine rings is 1. The predicted octanol–water partition coefficient (Wildman–Crippen LogP) is 2.58. The number of urea groups is 1. The number of carbonyl (C=O) groups excluding carboxylic acids is 1. The molecule has 0 saturated carbocycles. The smallest absolute Gasteiger partial charge is 0.318 e. The molecule has 2 amide bonds. The number of hydrogen-bond donors (Lipinski definition) is 1. The van der Waals surface area contributed by atoms with Crippen LogP contribution in [0.3, 0.4) is 0 Å². The van der Waals surface area contributed by atoms with Crippen molar-refractivity contribution in [2.24, 2.45) is 0 Å². The molecule has 0 spiro atoms. The number of benzene rings is 1. The van der Waals surface area contributed by atoms with Crippen LogP contribution in [-0.2, 0) is 9.47 Å². The summed E-state index contributed by atoms with van der Waals surface area (Å²) >= 11 is 0. The largest absolute Gasteiger partial charge is 0.382 e. The average Bonchev–Trinajstić information content (AvgIpc) is 2.55. The number of methoxy groups -OCH3 is 1. The van der Waals surface area contributed by atoms with Gasteiger partial charge in [0.15, 0.2) is 0 Å². The Kier molecular flexibility index (Phi) is 5.80. The van der Waals surface area contributed by atoms with Crippen LogP contribution in [0.5, 0.6) is 0 Å². The van der Waals surface area contributed by atoms with Crippen LogP contribution in [0.4, 0.5) is 4.79 Å². The summed E-state index contributed by atoms with van der Waals surface area (Å²) in [6.45, 7) is 6.40. The number of amides is 2. The second-order valence-electron chi connectivity index (χ2n) is 5.94. The Morgan fingerprint density at radius 3 is 2.82 bits per heavy atom. The summed E-state index contributed by atoms with van der Waals surface area (Å²) in [6.07, 6.45) is 0.886. The summed E-state index contributed by atoms with van der Waals surface area (Å²) in [5, 5.41) is 3.07. The first-order valence-electron chi connectivity index (χ1n) is 7.81. The number of nitrogens with one attached hydrogen (secondary N) is 1. The molecule has 0 bridgehead atoms. The fourth-order valence-electron chi connectivity index (χ4n) is 2.63. The molecule has 22 heavy (non-hydrogen) atoms. The van der Waals surface area contributed by atoms with Gasteiger partial charge in [-0.3, -0.25) is 0 Å². The third kappa shape index (κ3) is 4.21. The van der Waals surface area contributed by atoms with E-state index in [0.717, 1.165) is 12.0 Å². The average molecular weight is 306 g/mol. The van der Waals surface area contributed by atoms with Crippen LogP contribution in [-0.4, -0.2) is 49.9 Å². The standard InChI is InChI=1S/C17H26N2O3/c1-4-17(2)13-19(10-11-22-17)16(20)18-15(12-21-3)14-8-6-5-7-9-14/h5-9,15H,4,10-13H2,1-3H3,(H,18,20)/t15-,17-/m0/s1. The van der Waals surface area contributed by atoms with E-state index in [4.69, 9.17) is 9.47 Å². The van der Waals surface area contributed by atoms with Gasteiger partial charge in [-0.1, -0.05) is 37.3 Å². The van der Waals surface area contributed by atoms with E-state index < -0.39 is 0 Å². The van der Waals surface area contributed by atoms with Gasteiger partial charge in [0.2, 0.25) is 0 Å². The Hall–Kier alpha value is -1.59. The van der Waals surface area contributed by atoms with Crippen molar-refractivity contribution in [3.8, 4) is 0 Å². The second kappa shape index (κ2) is 7.61. The molecule has 0 aromatic heterocycles. The van der Waals surface area contributed by atoms with Crippen molar-refractivity contribution in [1.29, 1.82) is 0 Å². The van der Waals surface area contributed by atoms with Crippen molar-refractivity contribution in [3.05, 3.63) is 35.9 Å². The maximum atomic E-state index is 12.6. The molecule has 2 rings (SSSR count). The molecule has 1 heterocycles. The van der Waals surface area contributed by atoms with Gasteiger partial charge in [0.05, 0.1) is 31.4 Å². The number of ether oxygens (including phenoxy) is 2. The quantitative estimate of drug-likeness (QED) is 0.909. The van der Waals surface area contributed by atoms with Crippen molar-refractivity contribution in [3.63, 3.8) is 0 Å². The Labute approximate surface area is 132 Å². The lowest BCUT2D eigenvalue weighted by Gasteiger charge is -2.40. The van der Waals surface area contributed by atoms with Crippen molar-refractivity contribution >= 4 is 6.03 Å². The first kappa shape index (κ1) is 16.8. The van der Waals surface area contributed by atoms with Crippen molar-refractivity contribution in [2.45, 2.75) is 31.9 Å². The molecule has 1 aliphatic rings. The zero-order valence-electron chi connectivity index (χ0n) is 13.7. The fourth-order valence-corrected chi connectivity index (χ4v) is 2.63. The summed E-state index contributed by atoms with van der Waals surface area (Å²) in [5.41, 5.74) is 0.795. The molecule has 0 unspecified atom stereocenters. The first-order chi connectivity index (χ1) is 10.6. The van der Waals surface area contributed by atoms with E-state index in [1.54, 1.807) is 7.11 Å². The van der Waals surface area contributed by atoms with Crippen molar-refractivity contribution in [2.75, 3.05) is 33.4 Å². The Balaban J connectivity index is 2.02. The maximum absolute atomic E-state index is 12.6. The van der Waals surface area contributed by atoms with Crippen LogP contribution in [0.15, 0.2) is 30.3 Å². The minimum absolute atomic E-state index is 0.0612. The SMILES string of the molecule is CC[C@@]1(C)CN(C(=O)N[C@@H](COC)c2ccccc2)CCO1. The summed E-state index contributed by atoms with van der Waals surface area (Å²) in [4.78, 5) is 14.4. The summed E-state index contributed by atoms with van der Waals surface area (Å²) in [7, 11) is 1.64. The van der Waals surface area contributed by atoms with Gasteiger partial charge in [0.25, 0.3) is 0 Å². The lowest BCUT2D eigenvalue weighted by Crippen LogP contribution is -2.55. The highest BCUT2D eigenvalue weighted by Crippen LogP contribution is 2.21. The van der Waals surface area contributed by atoms with Gasteiger partial charge in [-0.15, -0.1) is 0 Å². The molecule has 5 nitrogen and oxygen atoms in total. The zero-order valence-corrected chi connectivity index (χ0v) is 13.7. The molecule has 1 aromatic carbocycles. The van der Waals surface area contributed by atoms with Crippen LogP contribution in [0.25, 0.3) is 0 Å². The van der Waals surface area contributed by atoms with E-state index in [9.17, 15) is 4.79 Å². The maximum Gasteiger partial charge on any atom is 0.318 e. The summed E-state index contributed by atoms with van der Waals surface area (Å²) in [5.74, 6) is 0. The first-order valence-corrected chi connectivity index (χ1v) is 7.81. The highest BCUT2D eigenvalue weighted by Gasteiger charge is 2.33. The Morgan fingerprint density at radius 1 is 1.45 bits per heavy atom. The molecule has 1 aliphatic heterocycles. The number of hydrogen-bond acceptors (Lipinski definition) is 3. The van der Waals surface area contributed by atoms with E-state index in [2.05, 4.69) is 19.2 Å². The Morgan fingerprint density at radius 2 is 2.18 bits per heavy atom. The van der Waals surface area contributed by atoms with Gasteiger partial charge in [-0.2, -0.15) is 0 Å². The molecule has 2 atom stereocenters. The van der Waals surface area contributed by atoms with Gasteiger partial charge in [0.1, 0.15) is 0 Å². The molecular formula is C17H26N2O3. The minimum Gasteiger partial charge on any atom is -0.382 e. The topological polar surface area (TPSA) is 50.8 Å². The Bertz CT molecular complexity index is 480.